The minimum atomic E-state index is 0.554. The molecular weight excluding hydrogens is 374 g/mol. The maximum Gasteiger partial charge on any atom is 0.191 e. The van der Waals surface area contributed by atoms with Crippen LogP contribution >= 0.6 is 0 Å². The van der Waals surface area contributed by atoms with Crippen molar-refractivity contribution >= 4 is 11.6 Å². The van der Waals surface area contributed by atoms with E-state index >= 15 is 0 Å². The molecule has 7 nitrogen and oxygen atoms in total. The van der Waals surface area contributed by atoms with E-state index in [1.165, 1.54) is 37.1 Å². The van der Waals surface area contributed by atoms with E-state index < -0.39 is 0 Å². The minimum Gasteiger partial charge on any atom is -0.352 e. The van der Waals surface area contributed by atoms with Gasteiger partial charge in [0, 0.05) is 26.3 Å². The number of nitrogens with zero attached hydrogens (tertiary/aromatic N) is 5. The molecule has 0 spiro atoms. The van der Waals surface area contributed by atoms with E-state index in [0.717, 1.165) is 36.4 Å². The summed E-state index contributed by atoms with van der Waals surface area (Å²) in [5.74, 6) is 2.47. The van der Waals surface area contributed by atoms with Crippen LogP contribution in [0.3, 0.4) is 0 Å². The predicted molar refractivity (Wildman–Crippen MR) is 120 cm³/mol. The first-order valence-electron chi connectivity index (χ1n) is 10.7. The molecule has 7 heteroatoms. The Labute approximate surface area is 178 Å². The number of likely N-dealkylation sites (tertiary alicyclic amines) is 1. The lowest BCUT2D eigenvalue weighted by molar-refractivity contribution is 0.185. The Morgan fingerprint density at radius 1 is 1.00 bits per heavy atom. The first kappa shape index (κ1) is 20.3. The highest BCUT2D eigenvalue weighted by Gasteiger charge is 2.16. The second-order valence-electron chi connectivity index (χ2n) is 8.05. The lowest BCUT2D eigenvalue weighted by Gasteiger charge is -2.30. The Bertz CT molecular complexity index is 986. The second-order valence-corrected chi connectivity index (χ2v) is 8.05. The number of fused-ring (bicyclic) bond motifs is 1. The molecule has 2 aromatic heterocycles. The molecule has 2 N–H and O–H groups in total. The number of guanidine groups is 1. The first-order chi connectivity index (χ1) is 14.7. The van der Waals surface area contributed by atoms with Crippen LogP contribution in [0.25, 0.3) is 5.65 Å². The Hall–Kier alpha value is -2.93. The van der Waals surface area contributed by atoms with Crippen molar-refractivity contribution in [2.45, 2.75) is 39.4 Å². The monoisotopic (exact) mass is 405 g/mol. The van der Waals surface area contributed by atoms with E-state index in [4.69, 9.17) is 0 Å². The highest BCUT2D eigenvalue weighted by atomic mass is 15.3. The van der Waals surface area contributed by atoms with Gasteiger partial charge in [-0.05, 0) is 55.1 Å². The first-order valence-corrected chi connectivity index (χ1v) is 10.7. The standard InChI is InChI=1S/C23H31N7/c1-18-10-13-29(14-11-18)17-20-8-4-3-7-19(20)15-25-23(24-2)26-16-22-28-27-21-9-5-6-12-30(21)22/h3-9,12,18H,10-11,13-17H2,1-2H3,(H2,24,25,26). The lowest BCUT2D eigenvalue weighted by Crippen LogP contribution is -2.37. The number of aliphatic imine (C=N–C) groups is 1. The molecule has 1 saturated heterocycles. The molecule has 3 aromatic rings. The summed E-state index contributed by atoms with van der Waals surface area (Å²) in [6, 6.07) is 14.6. The van der Waals surface area contributed by atoms with Crippen molar-refractivity contribution in [2.75, 3.05) is 20.1 Å². The Kier molecular flexibility index (Phi) is 6.59. The van der Waals surface area contributed by atoms with Crippen molar-refractivity contribution in [2.24, 2.45) is 10.9 Å². The van der Waals surface area contributed by atoms with Gasteiger partial charge >= 0.3 is 0 Å². The minimum absolute atomic E-state index is 0.554. The SMILES string of the molecule is CN=C(NCc1ccccc1CN1CCC(C)CC1)NCc1nnc2ccccn12. The van der Waals surface area contributed by atoms with Crippen molar-refractivity contribution in [3.05, 3.63) is 65.6 Å². The summed E-state index contributed by atoms with van der Waals surface area (Å²) in [7, 11) is 1.79. The highest BCUT2D eigenvalue weighted by Crippen LogP contribution is 2.19. The fourth-order valence-corrected chi connectivity index (χ4v) is 3.92. The number of aromatic nitrogens is 3. The van der Waals surface area contributed by atoms with E-state index in [9.17, 15) is 0 Å². The zero-order chi connectivity index (χ0) is 20.8. The summed E-state index contributed by atoms with van der Waals surface area (Å²) in [5, 5.41) is 15.3. The number of hydrogen-bond donors (Lipinski definition) is 2. The topological polar surface area (TPSA) is 69.8 Å². The molecular formula is C23H31N7. The van der Waals surface area contributed by atoms with Crippen molar-refractivity contribution in [1.29, 1.82) is 0 Å². The molecule has 3 heterocycles. The summed E-state index contributed by atoms with van der Waals surface area (Å²) in [6.45, 7) is 7.05. The van der Waals surface area contributed by atoms with Gasteiger partial charge in [-0.15, -0.1) is 10.2 Å². The average molecular weight is 406 g/mol. The quantitative estimate of drug-likeness (QED) is 0.488. The van der Waals surface area contributed by atoms with Crippen LogP contribution < -0.4 is 10.6 Å². The van der Waals surface area contributed by atoms with Crippen LogP contribution in [-0.4, -0.2) is 45.6 Å². The van der Waals surface area contributed by atoms with Crippen LogP contribution in [0.5, 0.6) is 0 Å². The molecule has 1 aliphatic rings. The van der Waals surface area contributed by atoms with Crippen molar-refractivity contribution in [3.63, 3.8) is 0 Å². The van der Waals surface area contributed by atoms with E-state index in [-0.39, 0.29) is 0 Å². The van der Waals surface area contributed by atoms with Crippen LogP contribution in [0, 0.1) is 5.92 Å². The maximum atomic E-state index is 4.36. The van der Waals surface area contributed by atoms with Crippen molar-refractivity contribution < 1.29 is 0 Å². The number of benzene rings is 1. The normalized spacial score (nSPS) is 16.1. The molecule has 1 fully saturated rings. The maximum absolute atomic E-state index is 4.36. The Balaban J connectivity index is 1.34. The van der Waals surface area contributed by atoms with Gasteiger partial charge in [0.15, 0.2) is 17.4 Å². The number of rotatable bonds is 6. The number of piperidine rings is 1. The fourth-order valence-electron chi connectivity index (χ4n) is 3.92. The van der Waals surface area contributed by atoms with Crippen LogP contribution in [0.4, 0.5) is 0 Å². The molecule has 0 radical (unpaired) electrons. The second kappa shape index (κ2) is 9.71. The van der Waals surface area contributed by atoms with Gasteiger partial charge in [0.05, 0.1) is 6.54 Å². The van der Waals surface area contributed by atoms with Gasteiger partial charge in [-0.25, -0.2) is 0 Å². The van der Waals surface area contributed by atoms with Crippen molar-refractivity contribution in [3.8, 4) is 0 Å². The fraction of sp³-hybridized carbons (Fsp3) is 0.435. The van der Waals surface area contributed by atoms with Crippen LogP contribution in [0.1, 0.15) is 36.7 Å². The summed E-state index contributed by atoms with van der Waals surface area (Å²) in [6.07, 6.45) is 4.57. The van der Waals surface area contributed by atoms with Gasteiger partial charge in [-0.2, -0.15) is 0 Å². The molecule has 1 aromatic carbocycles. The van der Waals surface area contributed by atoms with Crippen LogP contribution in [0.2, 0.25) is 0 Å². The Morgan fingerprint density at radius 2 is 1.73 bits per heavy atom. The Morgan fingerprint density at radius 3 is 2.53 bits per heavy atom. The third-order valence-corrected chi connectivity index (χ3v) is 5.86. The van der Waals surface area contributed by atoms with Gasteiger partial charge in [-0.3, -0.25) is 14.3 Å². The molecule has 0 aliphatic carbocycles. The smallest absolute Gasteiger partial charge is 0.191 e. The number of pyridine rings is 1. The highest BCUT2D eigenvalue weighted by molar-refractivity contribution is 5.79. The van der Waals surface area contributed by atoms with E-state index in [1.54, 1.807) is 7.05 Å². The molecule has 0 unspecified atom stereocenters. The van der Waals surface area contributed by atoms with E-state index in [0.29, 0.717) is 6.54 Å². The van der Waals surface area contributed by atoms with Crippen LogP contribution in [0.15, 0.2) is 53.7 Å². The molecule has 1 aliphatic heterocycles. The largest absolute Gasteiger partial charge is 0.352 e. The van der Waals surface area contributed by atoms with Gasteiger partial charge in [0.2, 0.25) is 0 Å². The average Bonchev–Trinajstić information content (AvgIpc) is 3.19. The molecule has 158 valence electrons. The van der Waals surface area contributed by atoms with E-state index in [2.05, 4.69) is 61.9 Å². The molecule has 0 saturated carbocycles. The zero-order valence-electron chi connectivity index (χ0n) is 17.9. The molecule has 30 heavy (non-hydrogen) atoms. The lowest BCUT2D eigenvalue weighted by atomic mass is 9.98. The van der Waals surface area contributed by atoms with Gasteiger partial charge in [0.25, 0.3) is 0 Å². The number of nitrogens with one attached hydrogen (secondary N) is 2. The summed E-state index contributed by atoms with van der Waals surface area (Å²) < 4.78 is 1.98. The predicted octanol–water partition coefficient (Wildman–Crippen LogP) is 2.83. The van der Waals surface area contributed by atoms with Crippen LogP contribution in [-0.2, 0) is 19.6 Å². The molecule has 0 amide bonds. The molecule has 0 bridgehead atoms. The third-order valence-electron chi connectivity index (χ3n) is 5.86. The third kappa shape index (κ3) is 4.97. The summed E-state index contributed by atoms with van der Waals surface area (Å²) >= 11 is 0. The summed E-state index contributed by atoms with van der Waals surface area (Å²) in [4.78, 5) is 6.93. The molecule has 0 atom stereocenters. The number of hydrogen-bond acceptors (Lipinski definition) is 4. The van der Waals surface area contributed by atoms with Gasteiger partial charge in [0.1, 0.15) is 0 Å². The summed E-state index contributed by atoms with van der Waals surface area (Å²) in [5.41, 5.74) is 3.55. The van der Waals surface area contributed by atoms with Gasteiger partial charge < -0.3 is 10.6 Å². The van der Waals surface area contributed by atoms with E-state index in [1.807, 2.05) is 28.8 Å². The van der Waals surface area contributed by atoms with Crippen molar-refractivity contribution in [1.82, 2.24) is 30.1 Å². The molecule has 4 rings (SSSR count). The van der Waals surface area contributed by atoms with Gasteiger partial charge in [-0.1, -0.05) is 37.3 Å². The zero-order valence-corrected chi connectivity index (χ0v) is 17.9.